The highest BCUT2D eigenvalue weighted by molar-refractivity contribution is 6.25. The largest absolute Gasteiger partial charge is 0.456 e. The second-order valence-electron chi connectivity index (χ2n) is 13.5. The molecule has 0 saturated carbocycles. The summed E-state index contributed by atoms with van der Waals surface area (Å²) >= 11 is 0. The van der Waals surface area contributed by atoms with E-state index >= 15 is 0 Å². The number of aromatic nitrogens is 4. The van der Waals surface area contributed by atoms with Crippen LogP contribution in [0.25, 0.3) is 111 Å². The molecule has 6 heteroatoms. The summed E-state index contributed by atoms with van der Waals surface area (Å²) in [7, 11) is 0. The van der Waals surface area contributed by atoms with Gasteiger partial charge in [0.15, 0.2) is 23.1 Å². The second-order valence-corrected chi connectivity index (χ2v) is 13.5. The summed E-state index contributed by atoms with van der Waals surface area (Å²) < 4.78 is 12.9. The summed E-state index contributed by atoms with van der Waals surface area (Å²) in [5, 5.41) is 6.38. The van der Waals surface area contributed by atoms with Crippen molar-refractivity contribution in [1.82, 2.24) is 19.9 Å². The van der Waals surface area contributed by atoms with Crippen LogP contribution in [-0.4, -0.2) is 19.9 Å². The van der Waals surface area contributed by atoms with Crippen LogP contribution in [0.1, 0.15) is 0 Å². The normalized spacial score (nSPS) is 11.7. The fraction of sp³-hybridized carbons (Fsp3) is 0. The minimum atomic E-state index is 0.574. The minimum absolute atomic E-state index is 0.574. The van der Waals surface area contributed by atoms with Gasteiger partial charge in [0.2, 0.25) is 5.89 Å². The number of fused-ring (bicyclic) bond motifs is 8. The van der Waals surface area contributed by atoms with Crippen molar-refractivity contribution in [3.8, 4) is 56.7 Å². The molecular formula is C48H28N4O2. The van der Waals surface area contributed by atoms with E-state index in [4.69, 9.17) is 28.8 Å². The van der Waals surface area contributed by atoms with E-state index in [9.17, 15) is 0 Å². The summed E-state index contributed by atoms with van der Waals surface area (Å²) in [5.74, 6) is 2.37. The van der Waals surface area contributed by atoms with Crippen molar-refractivity contribution in [2.75, 3.05) is 0 Å². The zero-order valence-electron chi connectivity index (χ0n) is 28.8. The van der Waals surface area contributed by atoms with Crippen molar-refractivity contribution in [2.45, 2.75) is 0 Å². The molecule has 0 amide bonds. The average molecular weight is 693 g/mol. The van der Waals surface area contributed by atoms with E-state index in [0.717, 1.165) is 71.6 Å². The molecule has 3 aromatic heterocycles. The first-order valence-electron chi connectivity index (χ1n) is 17.9. The smallest absolute Gasteiger partial charge is 0.227 e. The van der Waals surface area contributed by atoms with Gasteiger partial charge in [-0.2, -0.15) is 0 Å². The van der Waals surface area contributed by atoms with E-state index in [-0.39, 0.29) is 0 Å². The van der Waals surface area contributed by atoms with Crippen LogP contribution in [0.2, 0.25) is 0 Å². The van der Waals surface area contributed by atoms with E-state index in [1.54, 1.807) is 0 Å². The molecule has 252 valence electrons. The molecule has 11 aromatic rings. The third-order valence-corrected chi connectivity index (χ3v) is 10.1. The maximum atomic E-state index is 6.48. The fourth-order valence-electron chi connectivity index (χ4n) is 7.43. The van der Waals surface area contributed by atoms with Crippen molar-refractivity contribution >= 4 is 54.6 Å². The first-order valence-corrected chi connectivity index (χ1v) is 17.9. The highest BCUT2D eigenvalue weighted by Crippen LogP contribution is 2.41. The van der Waals surface area contributed by atoms with E-state index in [1.165, 1.54) is 10.8 Å². The topological polar surface area (TPSA) is 77.8 Å². The Morgan fingerprint density at radius 3 is 1.67 bits per heavy atom. The number of hydrogen-bond donors (Lipinski definition) is 0. The fourth-order valence-corrected chi connectivity index (χ4v) is 7.43. The maximum Gasteiger partial charge on any atom is 0.227 e. The van der Waals surface area contributed by atoms with Crippen molar-refractivity contribution in [3.63, 3.8) is 0 Å². The first kappa shape index (κ1) is 30.2. The third-order valence-electron chi connectivity index (χ3n) is 10.1. The van der Waals surface area contributed by atoms with E-state index < -0.39 is 0 Å². The van der Waals surface area contributed by atoms with Crippen LogP contribution >= 0.6 is 0 Å². The van der Waals surface area contributed by atoms with E-state index in [2.05, 4.69) is 91.0 Å². The van der Waals surface area contributed by atoms with Crippen molar-refractivity contribution in [3.05, 3.63) is 170 Å². The Balaban J connectivity index is 1.06. The molecule has 6 nitrogen and oxygen atoms in total. The average Bonchev–Trinajstić information content (AvgIpc) is 3.86. The van der Waals surface area contributed by atoms with Crippen LogP contribution in [0, 0.1) is 0 Å². The molecule has 0 atom stereocenters. The molecule has 0 N–H and O–H groups in total. The Kier molecular flexibility index (Phi) is 6.75. The minimum Gasteiger partial charge on any atom is -0.456 e. The Hall–Kier alpha value is -7.44. The van der Waals surface area contributed by atoms with Crippen LogP contribution < -0.4 is 0 Å². The van der Waals surface area contributed by atoms with Gasteiger partial charge in [-0.3, -0.25) is 0 Å². The molecule has 0 saturated heterocycles. The molecule has 11 rings (SSSR count). The number of rotatable bonds is 5. The predicted molar refractivity (Wildman–Crippen MR) is 217 cm³/mol. The van der Waals surface area contributed by atoms with Gasteiger partial charge in [0, 0.05) is 27.6 Å². The van der Waals surface area contributed by atoms with Gasteiger partial charge in [-0.05, 0) is 75.1 Å². The summed E-state index contributed by atoms with van der Waals surface area (Å²) in [6, 6.07) is 57.8. The van der Waals surface area contributed by atoms with Crippen LogP contribution in [0.4, 0.5) is 0 Å². The second kappa shape index (κ2) is 12.1. The summed E-state index contributed by atoms with van der Waals surface area (Å²) in [4.78, 5) is 20.0. The molecular weight excluding hydrogens is 665 g/mol. The molecule has 0 aliphatic rings. The molecule has 0 aliphatic carbocycles. The Morgan fingerprint density at radius 1 is 0.333 bits per heavy atom. The maximum absolute atomic E-state index is 6.48. The van der Waals surface area contributed by atoms with Gasteiger partial charge in [-0.1, -0.05) is 127 Å². The number of hydrogen-bond acceptors (Lipinski definition) is 6. The third kappa shape index (κ3) is 5.04. The van der Waals surface area contributed by atoms with Crippen molar-refractivity contribution < 1.29 is 8.83 Å². The van der Waals surface area contributed by atoms with Gasteiger partial charge in [0.1, 0.15) is 16.7 Å². The Morgan fingerprint density at radius 2 is 0.889 bits per heavy atom. The summed E-state index contributed by atoms with van der Waals surface area (Å²) in [5.41, 5.74) is 8.90. The molecule has 0 spiro atoms. The molecule has 0 radical (unpaired) electrons. The quantitative estimate of drug-likeness (QED) is 0.179. The van der Waals surface area contributed by atoms with Gasteiger partial charge < -0.3 is 8.83 Å². The number of furan rings is 1. The lowest BCUT2D eigenvalue weighted by molar-refractivity contribution is 0.622. The molecule has 0 aliphatic heterocycles. The van der Waals surface area contributed by atoms with Crippen LogP contribution in [0.3, 0.4) is 0 Å². The van der Waals surface area contributed by atoms with Crippen molar-refractivity contribution in [1.29, 1.82) is 0 Å². The Bertz CT molecular complexity index is 3200. The number of benzene rings is 8. The predicted octanol–water partition coefficient (Wildman–Crippen LogP) is 12.6. The van der Waals surface area contributed by atoms with Crippen LogP contribution in [0.5, 0.6) is 0 Å². The molecule has 0 fully saturated rings. The molecule has 54 heavy (non-hydrogen) atoms. The number of nitrogens with zero attached hydrogens (tertiary/aromatic N) is 4. The van der Waals surface area contributed by atoms with E-state index in [0.29, 0.717) is 28.9 Å². The standard InChI is InChI=1S/C48H28N4O2/c1-3-10-32(11-4-1)45-50-46(33-19-15-30(16-20-33)36-21-17-29-9-7-8-14-35(29)27-36)52-47(51-45)37-22-18-31-23-25-40-42(38(31)28-37)43-41(53-40)26-24-39-44(43)54-48(49-39)34-12-5-2-6-13-34/h1-28H. The molecule has 0 bridgehead atoms. The van der Waals surface area contributed by atoms with Crippen LogP contribution in [-0.2, 0) is 0 Å². The van der Waals surface area contributed by atoms with Gasteiger partial charge >= 0.3 is 0 Å². The zero-order valence-corrected chi connectivity index (χ0v) is 28.8. The highest BCUT2D eigenvalue weighted by Gasteiger charge is 2.20. The van der Waals surface area contributed by atoms with Gasteiger partial charge in [0.25, 0.3) is 0 Å². The molecule has 3 heterocycles. The Labute approximate surface area is 309 Å². The van der Waals surface area contributed by atoms with Gasteiger partial charge in [-0.15, -0.1) is 0 Å². The lowest BCUT2D eigenvalue weighted by Gasteiger charge is -2.10. The lowest BCUT2D eigenvalue weighted by Crippen LogP contribution is -2.00. The highest BCUT2D eigenvalue weighted by atomic mass is 16.4. The summed E-state index contributed by atoms with van der Waals surface area (Å²) in [6.45, 7) is 0. The molecule has 8 aromatic carbocycles. The first-order chi connectivity index (χ1) is 26.7. The van der Waals surface area contributed by atoms with Gasteiger partial charge in [-0.25, -0.2) is 19.9 Å². The summed E-state index contributed by atoms with van der Waals surface area (Å²) in [6.07, 6.45) is 0. The van der Waals surface area contributed by atoms with Gasteiger partial charge in [0.05, 0.1) is 5.39 Å². The SMILES string of the molecule is c1ccc(-c2nc(-c3ccc(-c4ccc5ccccc5c4)cc3)nc(-c3ccc4ccc5oc6ccc7nc(-c8ccccc8)oc7c6c5c4c3)n2)cc1. The van der Waals surface area contributed by atoms with Crippen LogP contribution in [0.15, 0.2) is 179 Å². The zero-order chi connectivity index (χ0) is 35.6. The number of oxazole rings is 1. The van der Waals surface area contributed by atoms with Crippen molar-refractivity contribution in [2.24, 2.45) is 0 Å². The van der Waals surface area contributed by atoms with E-state index in [1.807, 2.05) is 78.9 Å². The monoisotopic (exact) mass is 692 g/mol. The lowest BCUT2D eigenvalue weighted by atomic mass is 10.00. The molecule has 0 unspecified atom stereocenters.